The molecule has 0 radical (unpaired) electrons. The second kappa shape index (κ2) is 13.2. The van der Waals surface area contributed by atoms with E-state index in [1.807, 2.05) is 19.1 Å². The van der Waals surface area contributed by atoms with Crippen LogP contribution < -0.4 is 10.6 Å². The average molecular weight is 476 g/mol. The minimum Gasteiger partial charge on any atom is -0.383 e. The molecule has 35 heavy (non-hydrogen) atoms. The molecule has 2 aliphatic heterocycles. The first-order chi connectivity index (χ1) is 16.7. The quantitative estimate of drug-likeness (QED) is 0.355. The summed E-state index contributed by atoms with van der Waals surface area (Å²) < 4.78 is 12.2. The van der Waals surface area contributed by atoms with Gasteiger partial charge in [-0.25, -0.2) is 4.98 Å². The van der Waals surface area contributed by atoms with Crippen LogP contribution in [-0.2, 0) is 0 Å². The predicted molar refractivity (Wildman–Crippen MR) is 145 cm³/mol. The molecule has 0 amide bonds. The highest BCUT2D eigenvalue weighted by molar-refractivity contribution is 5.33. The van der Waals surface area contributed by atoms with Gasteiger partial charge in [0.2, 0.25) is 5.95 Å². The van der Waals surface area contributed by atoms with E-state index in [1.165, 1.54) is 6.20 Å². The molecule has 1 fully saturated rings. The van der Waals surface area contributed by atoms with Crippen LogP contribution in [0.3, 0.4) is 0 Å². The molecule has 0 bridgehead atoms. The summed E-state index contributed by atoms with van der Waals surface area (Å²) in [4.78, 5) is 7.84. The zero-order valence-electron chi connectivity index (χ0n) is 21.1. The van der Waals surface area contributed by atoms with Crippen LogP contribution in [0.1, 0.15) is 25.3 Å². The Bertz CT molecular complexity index is 1030. The second-order valence-corrected chi connectivity index (χ2v) is 8.58. The van der Waals surface area contributed by atoms with Crippen LogP contribution in [0, 0.1) is 12.9 Å². The third-order valence-corrected chi connectivity index (χ3v) is 5.94. The van der Waals surface area contributed by atoms with Crippen molar-refractivity contribution in [1.82, 2.24) is 25.4 Å². The molecule has 1 aromatic rings. The summed E-state index contributed by atoms with van der Waals surface area (Å²) in [6.45, 7) is 30.4. The lowest BCUT2D eigenvalue weighted by atomic mass is 10.1. The molecule has 2 aliphatic rings. The number of hydrogen-bond donors (Lipinski definition) is 2. The molecule has 1 aromatic heterocycles. The van der Waals surface area contributed by atoms with Crippen LogP contribution in [0.15, 0.2) is 116 Å². The van der Waals surface area contributed by atoms with E-state index in [4.69, 9.17) is 0 Å². The van der Waals surface area contributed by atoms with E-state index < -0.39 is 0 Å². The molecular weight excluding hydrogens is 437 g/mol. The highest BCUT2D eigenvalue weighted by atomic mass is 19.1. The van der Waals surface area contributed by atoms with Gasteiger partial charge in [-0.1, -0.05) is 63.8 Å². The number of nitrogens with one attached hydrogen (secondary N) is 2. The molecule has 0 saturated carbocycles. The number of hydrogen-bond acceptors (Lipinski definition) is 5. The van der Waals surface area contributed by atoms with Crippen LogP contribution in [0.5, 0.6) is 0 Å². The van der Waals surface area contributed by atoms with Crippen molar-refractivity contribution in [3.05, 3.63) is 128 Å². The maximum absolute atomic E-state index is 12.2. The monoisotopic (exact) mass is 475 g/mol. The lowest BCUT2D eigenvalue weighted by molar-refractivity contribution is 0.308. The van der Waals surface area contributed by atoms with Gasteiger partial charge < -0.3 is 20.4 Å². The molecule has 0 spiro atoms. The van der Waals surface area contributed by atoms with Crippen molar-refractivity contribution in [1.29, 1.82) is 0 Å². The third kappa shape index (κ3) is 7.88. The van der Waals surface area contributed by atoms with E-state index in [2.05, 4.69) is 71.1 Å². The van der Waals surface area contributed by atoms with Crippen molar-refractivity contribution in [3.8, 4) is 0 Å². The van der Waals surface area contributed by atoms with Gasteiger partial charge in [0.05, 0.1) is 12.6 Å². The van der Waals surface area contributed by atoms with E-state index in [0.29, 0.717) is 18.7 Å². The van der Waals surface area contributed by atoms with Gasteiger partial charge in [0.15, 0.2) is 0 Å². The van der Waals surface area contributed by atoms with Gasteiger partial charge in [-0.05, 0) is 43.9 Å². The van der Waals surface area contributed by atoms with Crippen molar-refractivity contribution in [2.24, 2.45) is 0 Å². The first-order valence-corrected chi connectivity index (χ1v) is 11.7. The van der Waals surface area contributed by atoms with Crippen molar-refractivity contribution in [2.45, 2.75) is 32.7 Å². The Labute approximate surface area is 210 Å². The summed E-state index contributed by atoms with van der Waals surface area (Å²) in [5.41, 5.74) is 5.75. The van der Waals surface area contributed by atoms with Crippen LogP contribution in [0.4, 0.5) is 4.39 Å². The third-order valence-electron chi connectivity index (χ3n) is 5.94. The topological polar surface area (TPSA) is 43.4 Å². The van der Waals surface area contributed by atoms with Gasteiger partial charge in [0.1, 0.15) is 5.82 Å². The van der Waals surface area contributed by atoms with Crippen LogP contribution in [-0.4, -0.2) is 40.5 Å². The number of aromatic nitrogens is 1. The number of allylic oxidation sites excluding steroid dienone is 3. The van der Waals surface area contributed by atoms with Crippen LogP contribution >= 0.6 is 0 Å². The number of pyridine rings is 1. The molecule has 5 nitrogen and oxygen atoms in total. The SMILES string of the molecule is C=C/C=C(\C=C)CNC(=C)C1CCCN1C(=C)CN1C=C(C)C(=C)NC1=C.Cc1cccnc1F. The molecule has 0 aromatic carbocycles. The summed E-state index contributed by atoms with van der Waals surface area (Å²) in [6.07, 6.45) is 11.3. The molecule has 1 saturated heterocycles. The van der Waals surface area contributed by atoms with E-state index in [-0.39, 0.29) is 12.0 Å². The van der Waals surface area contributed by atoms with Crippen LogP contribution in [0.2, 0.25) is 0 Å². The Morgan fingerprint density at radius 3 is 2.63 bits per heavy atom. The summed E-state index contributed by atoms with van der Waals surface area (Å²) in [6, 6.07) is 3.64. The van der Waals surface area contributed by atoms with Gasteiger partial charge in [-0.2, -0.15) is 4.39 Å². The smallest absolute Gasteiger partial charge is 0.215 e. The van der Waals surface area contributed by atoms with Crippen molar-refractivity contribution >= 4 is 0 Å². The average Bonchev–Trinajstić information content (AvgIpc) is 3.32. The zero-order chi connectivity index (χ0) is 26.0. The van der Waals surface area contributed by atoms with Crippen molar-refractivity contribution < 1.29 is 4.39 Å². The van der Waals surface area contributed by atoms with E-state index >= 15 is 0 Å². The number of nitrogens with zero attached hydrogens (tertiary/aromatic N) is 3. The van der Waals surface area contributed by atoms with Gasteiger partial charge in [0.25, 0.3) is 0 Å². The van der Waals surface area contributed by atoms with Gasteiger partial charge in [0, 0.05) is 48.1 Å². The minimum absolute atomic E-state index is 0.248. The maximum atomic E-state index is 12.2. The second-order valence-electron chi connectivity index (χ2n) is 8.58. The highest BCUT2D eigenvalue weighted by Crippen LogP contribution is 2.27. The standard InChI is InChI=1S/C23H32N4.C6H6FN/c1-8-11-22(9-2)14-24-20(6)23-12-10-13-27(23)18(4)16-26-15-17(3)19(5)25-21(26)7;1-5-3-2-4-8-6(5)7/h8-9,11,15,23-25H,1-2,4-7,10,12-14,16H2,3H3;2-4H,1H3/b22-11+;. The minimum atomic E-state index is -0.382. The summed E-state index contributed by atoms with van der Waals surface area (Å²) in [7, 11) is 0. The summed E-state index contributed by atoms with van der Waals surface area (Å²) in [5.74, 6) is 0.442. The molecule has 1 unspecified atom stereocenters. The Morgan fingerprint density at radius 1 is 1.29 bits per heavy atom. The zero-order valence-corrected chi connectivity index (χ0v) is 21.1. The Hall–Kier alpha value is -3.80. The van der Waals surface area contributed by atoms with Crippen LogP contribution in [0.25, 0.3) is 0 Å². The highest BCUT2D eigenvalue weighted by Gasteiger charge is 2.29. The van der Waals surface area contributed by atoms with E-state index in [0.717, 1.165) is 53.4 Å². The molecule has 3 rings (SSSR count). The molecule has 186 valence electrons. The number of rotatable bonds is 9. The fraction of sp³-hybridized carbons (Fsp3) is 0.276. The fourth-order valence-corrected chi connectivity index (χ4v) is 3.82. The van der Waals surface area contributed by atoms with Crippen molar-refractivity contribution in [2.75, 3.05) is 19.6 Å². The first-order valence-electron chi connectivity index (χ1n) is 11.7. The molecule has 1 atom stereocenters. The lowest BCUT2D eigenvalue weighted by Crippen LogP contribution is -2.40. The van der Waals surface area contributed by atoms with Gasteiger partial charge in [-0.15, -0.1) is 0 Å². The molecule has 3 heterocycles. The normalized spacial score (nSPS) is 17.6. The Balaban J connectivity index is 0.000000456. The number of halogens is 1. The van der Waals surface area contributed by atoms with E-state index in [9.17, 15) is 4.39 Å². The molecule has 2 N–H and O–H groups in total. The largest absolute Gasteiger partial charge is 0.383 e. The Kier molecular flexibility index (Phi) is 10.3. The predicted octanol–water partition coefficient (Wildman–Crippen LogP) is 5.69. The molecular formula is C29H38FN5. The summed E-state index contributed by atoms with van der Waals surface area (Å²) in [5, 5.41) is 6.65. The van der Waals surface area contributed by atoms with E-state index in [1.54, 1.807) is 25.1 Å². The lowest BCUT2D eigenvalue weighted by Gasteiger charge is -2.36. The Morgan fingerprint density at radius 2 is 2.03 bits per heavy atom. The van der Waals surface area contributed by atoms with Crippen molar-refractivity contribution in [3.63, 3.8) is 0 Å². The number of likely N-dealkylation sites (tertiary alicyclic amines) is 1. The molecule has 0 aliphatic carbocycles. The number of aryl methyl sites for hydroxylation is 1. The fourth-order valence-electron chi connectivity index (χ4n) is 3.82. The maximum Gasteiger partial charge on any atom is 0.215 e. The van der Waals surface area contributed by atoms with Gasteiger partial charge in [-0.3, -0.25) is 0 Å². The summed E-state index contributed by atoms with van der Waals surface area (Å²) >= 11 is 0. The first kappa shape index (κ1) is 27.4. The molecule has 6 heteroatoms. The van der Waals surface area contributed by atoms with Gasteiger partial charge >= 0.3 is 0 Å².